The number of nitrogens with one attached hydrogen (secondary N) is 2. The summed E-state index contributed by atoms with van der Waals surface area (Å²) in [5.74, 6) is 1.26. The Morgan fingerprint density at radius 3 is 2.21 bits per heavy atom. The van der Waals surface area contributed by atoms with Crippen molar-refractivity contribution in [2.45, 2.75) is 76.3 Å². The molecule has 71 heavy (non-hydrogen) atoms. The van der Waals surface area contributed by atoms with E-state index in [1.807, 2.05) is 82.4 Å². The molecule has 5 N–H and O–H groups in total. The molecule has 0 bridgehead atoms. The van der Waals surface area contributed by atoms with Crippen molar-refractivity contribution in [1.29, 1.82) is 0 Å². The van der Waals surface area contributed by atoms with Crippen LogP contribution in [-0.2, 0) is 43.3 Å². The first kappa shape index (κ1) is 49.3. The topological polar surface area (TPSA) is 240 Å². The number of primary amides is 1. The zero-order valence-electron chi connectivity index (χ0n) is 39.8. The van der Waals surface area contributed by atoms with Gasteiger partial charge in [-0.05, 0) is 98.0 Å². The van der Waals surface area contributed by atoms with Crippen LogP contribution < -0.4 is 21.1 Å². The van der Waals surface area contributed by atoms with Gasteiger partial charge in [-0.3, -0.25) is 19.2 Å². The lowest BCUT2D eigenvalue weighted by atomic mass is 9.86. The van der Waals surface area contributed by atoms with E-state index in [-0.39, 0.29) is 36.1 Å². The lowest BCUT2D eigenvalue weighted by molar-refractivity contribution is -0.129. The van der Waals surface area contributed by atoms with Crippen molar-refractivity contribution in [2.24, 2.45) is 11.7 Å². The van der Waals surface area contributed by atoms with Crippen LogP contribution in [0.3, 0.4) is 0 Å². The number of aromatic nitrogens is 5. The van der Waals surface area contributed by atoms with E-state index < -0.39 is 18.2 Å². The molecule has 6 heterocycles. The highest BCUT2D eigenvalue weighted by molar-refractivity contribution is 6.04. The van der Waals surface area contributed by atoms with Crippen molar-refractivity contribution in [3.63, 3.8) is 0 Å². The monoisotopic (exact) mass is 974 g/mol. The van der Waals surface area contributed by atoms with E-state index in [1.165, 1.54) is 0 Å². The van der Waals surface area contributed by atoms with Gasteiger partial charge in [0.25, 0.3) is 17.7 Å². The van der Waals surface area contributed by atoms with E-state index in [0.717, 1.165) is 54.5 Å². The summed E-state index contributed by atoms with van der Waals surface area (Å²) in [4.78, 5) is 54.6. The van der Waals surface area contributed by atoms with Gasteiger partial charge in [0.15, 0.2) is 5.69 Å². The van der Waals surface area contributed by atoms with Gasteiger partial charge >= 0.3 is 0 Å². The van der Waals surface area contributed by atoms with E-state index in [2.05, 4.69) is 20.9 Å². The first-order valence-corrected chi connectivity index (χ1v) is 24.6. The van der Waals surface area contributed by atoms with Gasteiger partial charge < -0.3 is 55.0 Å². The Hall–Kier alpha value is -6.71. The molecule has 5 aromatic rings. The van der Waals surface area contributed by atoms with Gasteiger partial charge in [0, 0.05) is 50.3 Å². The molecule has 2 saturated heterocycles. The van der Waals surface area contributed by atoms with Gasteiger partial charge in [-0.15, -0.1) is 5.10 Å². The maximum atomic E-state index is 13.5. The minimum absolute atomic E-state index is 0.0376. The van der Waals surface area contributed by atoms with Crippen LogP contribution in [0.25, 0.3) is 11.3 Å². The highest BCUT2D eigenvalue weighted by Crippen LogP contribution is 2.40. The largest absolute Gasteiger partial charge is 0.457 e. The number of nitrogens with two attached hydrogens (primary N) is 1. The molecule has 0 saturated carbocycles. The number of ether oxygens (including phenoxy) is 5. The summed E-state index contributed by atoms with van der Waals surface area (Å²) in [6, 6.07) is 22.4. The summed E-state index contributed by atoms with van der Waals surface area (Å²) in [7, 11) is 0. The van der Waals surface area contributed by atoms with Gasteiger partial charge in [-0.2, -0.15) is 5.10 Å². The van der Waals surface area contributed by atoms with Gasteiger partial charge in [0.05, 0.1) is 71.1 Å². The number of aliphatic hydroxyl groups is 1. The molecule has 3 atom stereocenters. The van der Waals surface area contributed by atoms with E-state index in [0.29, 0.717) is 126 Å². The molecule has 376 valence electrons. The number of aryl methyl sites for hydroxylation is 1. The number of likely N-dealkylation sites (tertiary alicyclic amines) is 1. The number of benzene rings is 3. The number of piperidine rings is 2. The number of fused-ring (bicyclic) bond motifs is 2. The Labute approximate surface area is 411 Å². The molecule has 3 aromatic carbocycles. The number of rotatable bonds is 23. The first-order chi connectivity index (χ1) is 34.7. The van der Waals surface area contributed by atoms with Crippen molar-refractivity contribution in [1.82, 2.24) is 39.9 Å². The van der Waals surface area contributed by atoms with Crippen molar-refractivity contribution in [3.05, 3.63) is 107 Å². The Morgan fingerprint density at radius 2 is 1.49 bits per heavy atom. The number of nitrogens with zero attached hydrogens (tertiary/aromatic N) is 7. The second-order valence-corrected chi connectivity index (χ2v) is 18.1. The molecule has 2 unspecified atom stereocenters. The lowest BCUT2D eigenvalue weighted by Crippen LogP contribution is -2.55. The second kappa shape index (κ2) is 23.5. The number of anilines is 1. The molecular formula is C51H62N10O10. The van der Waals surface area contributed by atoms with Gasteiger partial charge in [0.1, 0.15) is 34.8 Å². The van der Waals surface area contributed by atoms with Crippen LogP contribution in [0.15, 0.2) is 79.0 Å². The smallest absolute Gasteiger partial charge is 0.276 e. The molecule has 4 aliphatic heterocycles. The third kappa shape index (κ3) is 11.9. The van der Waals surface area contributed by atoms with Crippen molar-refractivity contribution >= 4 is 29.4 Å². The molecule has 2 aromatic heterocycles. The SMILES string of the molecule is NC(=O)c1c(-c2ccc(Oc3ccccc3)cc2)nn2c1NCC[C@H]2C1CCN(C(=O)c2cn(CCOCCOCCOCCOCCCc3cccc4c3CN(C3CCC(=O)NC3O)C4=O)nn2)CC1. The number of hydrogen-bond donors (Lipinski definition) is 4. The third-order valence-corrected chi connectivity index (χ3v) is 13.6. The number of carbonyl (C=O) groups is 4. The molecule has 0 aliphatic carbocycles. The number of aliphatic hydroxyl groups excluding tert-OH is 1. The minimum atomic E-state index is -1.06. The lowest BCUT2D eigenvalue weighted by Gasteiger charge is -2.38. The van der Waals surface area contributed by atoms with Crippen LogP contribution in [-0.4, -0.2) is 148 Å². The fourth-order valence-corrected chi connectivity index (χ4v) is 9.94. The molecule has 9 rings (SSSR count). The molecule has 2 fully saturated rings. The number of para-hydroxylation sites is 1. The summed E-state index contributed by atoms with van der Waals surface area (Å²) < 4.78 is 32.3. The Kier molecular flexibility index (Phi) is 16.3. The molecular weight excluding hydrogens is 913 g/mol. The van der Waals surface area contributed by atoms with E-state index in [1.54, 1.807) is 15.8 Å². The summed E-state index contributed by atoms with van der Waals surface area (Å²) in [6.45, 7) is 6.19. The van der Waals surface area contributed by atoms with E-state index >= 15 is 0 Å². The summed E-state index contributed by atoms with van der Waals surface area (Å²) in [5.41, 5.74) is 10.6. The summed E-state index contributed by atoms with van der Waals surface area (Å²) >= 11 is 0. The van der Waals surface area contributed by atoms with Gasteiger partial charge in [-0.25, -0.2) is 9.36 Å². The summed E-state index contributed by atoms with van der Waals surface area (Å²) in [6.07, 6.45) is 5.25. The highest BCUT2D eigenvalue weighted by Gasteiger charge is 2.40. The Morgan fingerprint density at radius 1 is 0.789 bits per heavy atom. The molecule has 4 aliphatic rings. The van der Waals surface area contributed by atoms with Crippen LogP contribution in [0.2, 0.25) is 0 Å². The Balaban J connectivity index is 0.620. The molecule has 20 heteroatoms. The normalized spacial score (nSPS) is 19.0. The molecule has 0 radical (unpaired) electrons. The average molecular weight is 975 g/mol. The predicted molar refractivity (Wildman–Crippen MR) is 259 cm³/mol. The van der Waals surface area contributed by atoms with Crippen LogP contribution in [0.1, 0.15) is 86.9 Å². The zero-order valence-corrected chi connectivity index (χ0v) is 39.8. The van der Waals surface area contributed by atoms with Crippen LogP contribution in [0.4, 0.5) is 5.82 Å². The fourth-order valence-electron chi connectivity index (χ4n) is 9.94. The number of carbonyl (C=O) groups excluding carboxylic acids is 4. The third-order valence-electron chi connectivity index (χ3n) is 13.6. The quantitative estimate of drug-likeness (QED) is 0.0672. The molecule has 20 nitrogen and oxygen atoms in total. The fraction of sp³-hybridized carbons (Fsp3) is 0.471. The number of amides is 4. The van der Waals surface area contributed by atoms with Crippen molar-refractivity contribution < 1.29 is 48.0 Å². The van der Waals surface area contributed by atoms with Crippen molar-refractivity contribution in [3.8, 4) is 22.8 Å². The maximum absolute atomic E-state index is 13.5. The molecule has 4 amide bonds. The second-order valence-electron chi connectivity index (χ2n) is 18.1. The highest BCUT2D eigenvalue weighted by atomic mass is 16.6. The maximum Gasteiger partial charge on any atom is 0.276 e. The van der Waals surface area contributed by atoms with Crippen LogP contribution in [0.5, 0.6) is 11.5 Å². The van der Waals surface area contributed by atoms with E-state index in [9.17, 15) is 24.3 Å². The first-order valence-electron chi connectivity index (χ1n) is 24.6. The summed E-state index contributed by atoms with van der Waals surface area (Å²) in [5, 5.41) is 29.6. The van der Waals surface area contributed by atoms with Gasteiger partial charge in [0.2, 0.25) is 5.91 Å². The predicted octanol–water partition coefficient (Wildman–Crippen LogP) is 4.19. The standard InChI is InChI=1S/C51H62N10O10/c52-47(63)45-46(36-11-13-38(14-12-36)71-37-8-2-1-3-9-37)56-61-42(17-20-53-48(45)61)35-18-21-58(22-19-35)51(66)41-33-59(57-55-41)23-25-68-27-29-70-31-30-69-28-26-67-24-5-7-34-6-4-10-39-40(34)32-60(50(39)65)43-15-16-44(62)54-49(43)64/h1-4,6,8-14,33,35,42-43,49,53,64H,5,7,15-32H2,(H2,52,63)(H,54,62)/t42-,43?,49?/m0/s1. The average Bonchev–Trinajstić information content (AvgIpc) is 4.12. The van der Waals surface area contributed by atoms with Crippen molar-refractivity contribution in [2.75, 3.05) is 77.8 Å². The van der Waals surface area contributed by atoms with E-state index in [4.69, 9.17) is 34.5 Å². The van der Waals surface area contributed by atoms with Crippen LogP contribution >= 0.6 is 0 Å². The van der Waals surface area contributed by atoms with Crippen LogP contribution in [0, 0.1) is 5.92 Å². The number of hydrogen-bond acceptors (Lipinski definition) is 14. The van der Waals surface area contributed by atoms with Gasteiger partial charge in [-0.1, -0.05) is 35.5 Å². The molecule has 0 spiro atoms. The Bertz CT molecular complexity index is 2620. The minimum Gasteiger partial charge on any atom is -0.457 e. The zero-order chi connectivity index (χ0) is 49.1.